The van der Waals surface area contributed by atoms with Crippen molar-refractivity contribution in [2.24, 2.45) is 0 Å². The van der Waals surface area contributed by atoms with E-state index in [-0.39, 0.29) is 12.5 Å². The number of aliphatic carboxylic acids is 1. The van der Waals surface area contributed by atoms with Gasteiger partial charge in [0.1, 0.15) is 5.75 Å². The molecule has 2 aromatic rings. The molecule has 30 heavy (non-hydrogen) atoms. The lowest BCUT2D eigenvalue weighted by molar-refractivity contribution is -0.136. The molecular formula is C24H30N2O4. The first kappa shape index (κ1) is 21.7. The van der Waals surface area contributed by atoms with Crippen molar-refractivity contribution in [3.05, 3.63) is 53.1 Å². The van der Waals surface area contributed by atoms with Crippen molar-refractivity contribution < 1.29 is 19.4 Å². The van der Waals surface area contributed by atoms with Crippen molar-refractivity contribution in [3.63, 3.8) is 0 Å². The minimum absolute atomic E-state index is 0.0489. The Bertz CT molecular complexity index is 919. The van der Waals surface area contributed by atoms with Crippen LogP contribution in [0.2, 0.25) is 0 Å². The molecular weight excluding hydrogens is 380 g/mol. The van der Waals surface area contributed by atoms with E-state index >= 15 is 0 Å². The summed E-state index contributed by atoms with van der Waals surface area (Å²) in [5.74, 6) is -0.188. The minimum atomic E-state index is -0.872. The SMILES string of the molecule is CCN(Cc1cc(C)ccc1-c1cc(CC(=O)O)ccc1OC)C(=O)N1CCCC1. The molecule has 6 heteroatoms. The summed E-state index contributed by atoms with van der Waals surface area (Å²) in [6.45, 7) is 6.79. The highest BCUT2D eigenvalue weighted by atomic mass is 16.5. The van der Waals surface area contributed by atoms with Crippen LogP contribution in [0.4, 0.5) is 4.79 Å². The van der Waals surface area contributed by atoms with Gasteiger partial charge >= 0.3 is 12.0 Å². The molecule has 1 aliphatic rings. The summed E-state index contributed by atoms with van der Waals surface area (Å²) in [7, 11) is 1.61. The summed E-state index contributed by atoms with van der Waals surface area (Å²) in [5.41, 5.74) is 4.65. The predicted octanol–water partition coefficient (Wildman–Crippen LogP) is 4.34. The molecule has 0 radical (unpaired) electrons. The van der Waals surface area contributed by atoms with Crippen LogP contribution in [0.25, 0.3) is 11.1 Å². The van der Waals surface area contributed by atoms with Gasteiger partial charge in [-0.25, -0.2) is 4.79 Å². The summed E-state index contributed by atoms with van der Waals surface area (Å²) in [4.78, 5) is 28.0. The van der Waals surface area contributed by atoms with E-state index in [2.05, 4.69) is 6.07 Å². The Morgan fingerprint density at radius 1 is 1.10 bits per heavy atom. The number of carbonyl (C=O) groups is 2. The molecule has 2 aromatic carbocycles. The fourth-order valence-corrected chi connectivity index (χ4v) is 4.00. The fraction of sp³-hybridized carbons (Fsp3) is 0.417. The van der Waals surface area contributed by atoms with Gasteiger partial charge in [0.05, 0.1) is 13.5 Å². The fourth-order valence-electron chi connectivity index (χ4n) is 4.00. The highest BCUT2D eigenvalue weighted by molar-refractivity contribution is 5.78. The summed E-state index contributed by atoms with van der Waals surface area (Å²) in [6.07, 6.45) is 2.08. The standard InChI is InChI=1S/C24H30N2O4/c1-4-25(24(29)26-11-5-6-12-26)16-19-13-17(2)7-9-20(19)21-14-18(15-23(27)28)8-10-22(21)30-3/h7-10,13-14H,4-6,11-12,15-16H2,1-3H3,(H,27,28). The smallest absolute Gasteiger partial charge is 0.320 e. The number of amides is 2. The van der Waals surface area contributed by atoms with Crippen molar-refractivity contribution >= 4 is 12.0 Å². The Morgan fingerprint density at radius 2 is 1.83 bits per heavy atom. The molecule has 3 rings (SSSR count). The van der Waals surface area contributed by atoms with Crippen LogP contribution in [0.15, 0.2) is 36.4 Å². The molecule has 0 unspecified atom stereocenters. The number of methoxy groups -OCH3 is 1. The predicted molar refractivity (Wildman–Crippen MR) is 117 cm³/mol. The molecule has 0 saturated carbocycles. The number of ether oxygens (including phenoxy) is 1. The molecule has 0 spiro atoms. The normalized spacial score (nSPS) is 13.4. The average molecular weight is 411 g/mol. The Morgan fingerprint density at radius 3 is 2.47 bits per heavy atom. The van der Waals surface area contributed by atoms with Crippen molar-refractivity contribution in [3.8, 4) is 16.9 Å². The molecule has 0 aliphatic carbocycles. The molecule has 6 nitrogen and oxygen atoms in total. The lowest BCUT2D eigenvalue weighted by Crippen LogP contribution is -2.41. The lowest BCUT2D eigenvalue weighted by Gasteiger charge is -2.28. The monoisotopic (exact) mass is 410 g/mol. The Labute approximate surface area is 178 Å². The third kappa shape index (κ3) is 4.93. The van der Waals surface area contributed by atoms with Crippen molar-refractivity contribution in [2.75, 3.05) is 26.7 Å². The third-order valence-corrected chi connectivity index (χ3v) is 5.56. The number of urea groups is 1. The van der Waals surface area contributed by atoms with Crippen LogP contribution in [-0.4, -0.2) is 53.7 Å². The average Bonchev–Trinajstić information content (AvgIpc) is 3.26. The molecule has 1 aliphatic heterocycles. The number of benzene rings is 2. The quantitative estimate of drug-likeness (QED) is 0.737. The van der Waals surface area contributed by atoms with Crippen LogP contribution >= 0.6 is 0 Å². The van der Waals surface area contributed by atoms with E-state index in [0.29, 0.717) is 24.4 Å². The number of likely N-dealkylation sites (tertiary alicyclic amines) is 1. The van der Waals surface area contributed by atoms with E-state index in [0.717, 1.165) is 48.2 Å². The summed E-state index contributed by atoms with van der Waals surface area (Å²) < 4.78 is 5.57. The second-order valence-corrected chi connectivity index (χ2v) is 7.76. The second-order valence-electron chi connectivity index (χ2n) is 7.76. The molecule has 0 aromatic heterocycles. The molecule has 2 amide bonds. The number of rotatable bonds is 7. The highest BCUT2D eigenvalue weighted by Gasteiger charge is 2.24. The van der Waals surface area contributed by atoms with E-state index in [1.807, 2.05) is 47.9 Å². The summed E-state index contributed by atoms with van der Waals surface area (Å²) in [6, 6.07) is 11.7. The lowest BCUT2D eigenvalue weighted by atomic mass is 9.94. The van der Waals surface area contributed by atoms with Crippen molar-refractivity contribution in [2.45, 2.75) is 39.7 Å². The Balaban J connectivity index is 1.99. The molecule has 0 bridgehead atoms. The number of nitrogens with zero attached hydrogens (tertiary/aromatic N) is 2. The molecule has 1 N–H and O–H groups in total. The van der Waals surface area contributed by atoms with Gasteiger partial charge in [-0.15, -0.1) is 0 Å². The summed E-state index contributed by atoms with van der Waals surface area (Å²) >= 11 is 0. The number of carboxylic acids is 1. The number of hydrogen-bond acceptors (Lipinski definition) is 3. The van der Waals surface area contributed by atoms with Crippen LogP contribution < -0.4 is 4.74 Å². The van der Waals surface area contributed by atoms with E-state index in [1.165, 1.54) is 0 Å². The van der Waals surface area contributed by atoms with Gasteiger partial charge < -0.3 is 19.6 Å². The maximum Gasteiger partial charge on any atom is 0.320 e. The maximum absolute atomic E-state index is 13.0. The first-order valence-electron chi connectivity index (χ1n) is 10.5. The Kier molecular flexibility index (Phi) is 6.98. The van der Waals surface area contributed by atoms with E-state index in [9.17, 15) is 14.7 Å². The largest absolute Gasteiger partial charge is 0.496 e. The van der Waals surface area contributed by atoms with Gasteiger partial charge in [-0.3, -0.25) is 4.79 Å². The van der Waals surface area contributed by atoms with Crippen LogP contribution in [0, 0.1) is 6.92 Å². The first-order chi connectivity index (χ1) is 14.4. The minimum Gasteiger partial charge on any atom is -0.496 e. The zero-order valence-electron chi connectivity index (χ0n) is 18.0. The van der Waals surface area contributed by atoms with Crippen molar-refractivity contribution in [1.82, 2.24) is 9.80 Å². The van der Waals surface area contributed by atoms with E-state index in [4.69, 9.17) is 4.74 Å². The van der Waals surface area contributed by atoms with E-state index < -0.39 is 5.97 Å². The first-order valence-corrected chi connectivity index (χ1v) is 10.5. The van der Waals surface area contributed by atoms with Gasteiger partial charge in [-0.1, -0.05) is 29.8 Å². The van der Waals surface area contributed by atoms with Gasteiger partial charge in [0.2, 0.25) is 0 Å². The zero-order valence-corrected chi connectivity index (χ0v) is 18.0. The molecule has 1 fully saturated rings. The third-order valence-electron chi connectivity index (χ3n) is 5.56. The van der Waals surface area contributed by atoms with Crippen LogP contribution in [0.5, 0.6) is 5.75 Å². The highest BCUT2D eigenvalue weighted by Crippen LogP contribution is 2.35. The molecule has 160 valence electrons. The van der Waals surface area contributed by atoms with Crippen LogP contribution in [0.1, 0.15) is 36.5 Å². The number of carbonyl (C=O) groups excluding carboxylic acids is 1. The molecule has 0 atom stereocenters. The van der Waals surface area contributed by atoms with Gasteiger partial charge in [-0.2, -0.15) is 0 Å². The van der Waals surface area contributed by atoms with Gasteiger partial charge in [0, 0.05) is 31.7 Å². The number of carboxylic acid groups (broad SMARTS) is 1. The topological polar surface area (TPSA) is 70.1 Å². The summed E-state index contributed by atoms with van der Waals surface area (Å²) in [5, 5.41) is 9.18. The van der Waals surface area contributed by atoms with Crippen LogP contribution in [0.3, 0.4) is 0 Å². The zero-order chi connectivity index (χ0) is 21.7. The van der Waals surface area contributed by atoms with Gasteiger partial charge in [-0.05, 0) is 55.5 Å². The van der Waals surface area contributed by atoms with E-state index in [1.54, 1.807) is 13.2 Å². The Hall–Kier alpha value is -3.02. The van der Waals surface area contributed by atoms with Gasteiger partial charge in [0.15, 0.2) is 0 Å². The van der Waals surface area contributed by atoms with Gasteiger partial charge in [0.25, 0.3) is 0 Å². The van der Waals surface area contributed by atoms with Crippen molar-refractivity contribution in [1.29, 1.82) is 0 Å². The second kappa shape index (κ2) is 9.65. The molecule has 1 saturated heterocycles. The number of hydrogen-bond donors (Lipinski definition) is 1. The maximum atomic E-state index is 13.0. The molecule has 1 heterocycles. The van der Waals surface area contributed by atoms with Crippen LogP contribution in [-0.2, 0) is 17.8 Å². The number of aryl methyl sites for hydroxylation is 1.